The number of nitrogens with one attached hydrogen (secondary N) is 1. The molecule has 0 bridgehead atoms. The minimum Gasteiger partial charge on any atom is -0.356 e. The Morgan fingerprint density at radius 2 is 1.92 bits per heavy atom. The number of imidazole rings is 1. The van der Waals surface area contributed by atoms with E-state index in [1.807, 2.05) is 24.4 Å². The smallest absolute Gasteiger partial charge is 0.139 e. The van der Waals surface area contributed by atoms with Gasteiger partial charge in [0.05, 0.1) is 22.1 Å². The summed E-state index contributed by atoms with van der Waals surface area (Å²) in [5, 5.41) is 1.08. The van der Waals surface area contributed by atoms with E-state index < -0.39 is 0 Å². The molecule has 1 fully saturated rings. The van der Waals surface area contributed by atoms with Crippen molar-refractivity contribution in [3.05, 3.63) is 58.5 Å². The number of rotatable bonds is 3. The zero-order chi connectivity index (χ0) is 18.1. The van der Waals surface area contributed by atoms with E-state index >= 15 is 0 Å². The Bertz CT molecular complexity index is 916. The van der Waals surface area contributed by atoms with E-state index in [-0.39, 0.29) is 0 Å². The van der Waals surface area contributed by atoms with Crippen LogP contribution in [0.1, 0.15) is 30.1 Å². The van der Waals surface area contributed by atoms with Gasteiger partial charge in [-0.25, -0.2) is 15.0 Å². The van der Waals surface area contributed by atoms with Crippen molar-refractivity contribution in [1.29, 1.82) is 0 Å². The highest BCUT2D eigenvalue weighted by molar-refractivity contribution is 6.42. The second kappa shape index (κ2) is 7.25. The van der Waals surface area contributed by atoms with Gasteiger partial charge in [-0.15, -0.1) is 0 Å². The van der Waals surface area contributed by atoms with Gasteiger partial charge in [0.2, 0.25) is 0 Å². The number of anilines is 1. The number of H-pyrrole nitrogens is 1. The summed E-state index contributed by atoms with van der Waals surface area (Å²) in [7, 11) is 0. The number of benzene rings is 1. The van der Waals surface area contributed by atoms with E-state index in [0.717, 1.165) is 42.9 Å². The van der Waals surface area contributed by atoms with Gasteiger partial charge in [0.25, 0.3) is 0 Å². The molecule has 0 aliphatic carbocycles. The summed E-state index contributed by atoms with van der Waals surface area (Å²) in [5.74, 6) is 1.43. The molecule has 3 aromatic rings. The van der Waals surface area contributed by atoms with E-state index in [4.69, 9.17) is 23.2 Å². The summed E-state index contributed by atoms with van der Waals surface area (Å²) in [4.78, 5) is 18.8. The summed E-state index contributed by atoms with van der Waals surface area (Å²) in [6.45, 7) is 3.95. The van der Waals surface area contributed by atoms with Crippen LogP contribution in [0.15, 0.2) is 37.1 Å². The van der Waals surface area contributed by atoms with Crippen LogP contribution in [0.4, 0.5) is 5.82 Å². The molecule has 0 saturated carbocycles. The highest BCUT2D eigenvalue weighted by Crippen LogP contribution is 2.36. The molecule has 1 aromatic carbocycles. The molecule has 3 heterocycles. The van der Waals surface area contributed by atoms with Gasteiger partial charge in [-0.05, 0) is 37.5 Å². The van der Waals surface area contributed by atoms with Crippen molar-refractivity contribution >= 4 is 29.0 Å². The zero-order valence-electron chi connectivity index (χ0n) is 14.4. The first kappa shape index (κ1) is 17.3. The van der Waals surface area contributed by atoms with Gasteiger partial charge in [0.15, 0.2) is 0 Å². The fourth-order valence-corrected chi connectivity index (χ4v) is 3.89. The summed E-state index contributed by atoms with van der Waals surface area (Å²) in [6.07, 6.45) is 7.32. The monoisotopic (exact) mass is 387 g/mol. The summed E-state index contributed by atoms with van der Waals surface area (Å²) in [5.41, 5.74) is 4.31. The minimum absolute atomic E-state index is 0.493. The second-order valence-corrected chi connectivity index (χ2v) is 7.38. The maximum Gasteiger partial charge on any atom is 0.139 e. The van der Waals surface area contributed by atoms with Crippen LogP contribution in [0, 0.1) is 6.92 Å². The molecular formula is C19H19Cl2N5. The minimum atomic E-state index is 0.493. The number of piperidine rings is 1. The summed E-state index contributed by atoms with van der Waals surface area (Å²) in [6, 6.07) is 5.63. The maximum absolute atomic E-state index is 6.20. The summed E-state index contributed by atoms with van der Waals surface area (Å²) >= 11 is 12.2. The first-order valence-corrected chi connectivity index (χ1v) is 9.39. The molecule has 0 unspecified atom stereocenters. The second-order valence-electron chi connectivity index (χ2n) is 6.56. The number of hydrogen-bond acceptors (Lipinski definition) is 4. The van der Waals surface area contributed by atoms with E-state index in [9.17, 15) is 0 Å². The average Bonchev–Trinajstić information content (AvgIpc) is 3.10. The number of hydrogen-bond donors (Lipinski definition) is 1. The van der Waals surface area contributed by atoms with E-state index in [1.54, 1.807) is 12.7 Å². The third-order valence-electron chi connectivity index (χ3n) is 4.97. The van der Waals surface area contributed by atoms with Gasteiger partial charge in [-0.3, -0.25) is 0 Å². The normalized spacial score (nSPS) is 15.4. The van der Waals surface area contributed by atoms with Crippen LogP contribution < -0.4 is 4.90 Å². The van der Waals surface area contributed by atoms with Crippen LogP contribution in [-0.4, -0.2) is 33.0 Å². The molecule has 4 rings (SSSR count). The molecule has 0 amide bonds. The van der Waals surface area contributed by atoms with Gasteiger partial charge < -0.3 is 9.88 Å². The maximum atomic E-state index is 6.20. The van der Waals surface area contributed by atoms with Crippen LogP contribution in [0.5, 0.6) is 0 Å². The molecule has 26 heavy (non-hydrogen) atoms. The number of aromatic amines is 1. The van der Waals surface area contributed by atoms with Crippen molar-refractivity contribution in [2.45, 2.75) is 25.7 Å². The molecule has 1 N–H and O–H groups in total. The molecule has 0 atom stereocenters. The largest absolute Gasteiger partial charge is 0.356 e. The van der Waals surface area contributed by atoms with Gasteiger partial charge in [-0.2, -0.15) is 0 Å². The SMILES string of the molecule is Cc1[nH]cnc1C1CCN(c2ncncc2-c2ccc(Cl)c(Cl)c2)CC1. The quantitative estimate of drug-likeness (QED) is 0.696. The third-order valence-corrected chi connectivity index (χ3v) is 5.71. The lowest BCUT2D eigenvalue weighted by Gasteiger charge is -2.33. The number of aromatic nitrogens is 4. The number of aryl methyl sites for hydroxylation is 1. The van der Waals surface area contributed by atoms with Crippen molar-refractivity contribution in [3.8, 4) is 11.1 Å². The van der Waals surface area contributed by atoms with Gasteiger partial charge in [0.1, 0.15) is 12.1 Å². The van der Waals surface area contributed by atoms with Crippen LogP contribution in [0.2, 0.25) is 10.0 Å². The van der Waals surface area contributed by atoms with Crippen LogP contribution in [-0.2, 0) is 0 Å². The Morgan fingerprint density at radius 1 is 1.12 bits per heavy atom. The average molecular weight is 388 g/mol. The Hall–Kier alpha value is -2.11. The van der Waals surface area contributed by atoms with Crippen LogP contribution in [0.3, 0.4) is 0 Å². The lowest BCUT2D eigenvalue weighted by molar-refractivity contribution is 0.493. The lowest BCUT2D eigenvalue weighted by atomic mass is 9.92. The topological polar surface area (TPSA) is 57.7 Å². The third kappa shape index (κ3) is 3.29. The van der Waals surface area contributed by atoms with E-state index in [2.05, 4.69) is 31.8 Å². The Kier molecular flexibility index (Phi) is 4.83. The van der Waals surface area contributed by atoms with Gasteiger partial charge in [-0.1, -0.05) is 29.3 Å². The van der Waals surface area contributed by atoms with Crippen molar-refractivity contribution in [2.24, 2.45) is 0 Å². The fourth-order valence-electron chi connectivity index (χ4n) is 3.59. The molecule has 1 aliphatic heterocycles. The van der Waals surface area contributed by atoms with Crippen LogP contribution in [0.25, 0.3) is 11.1 Å². The molecule has 7 heteroatoms. The molecule has 134 valence electrons. The highest BCUT2D eigenvalue weighted by Gasteiger charge is 2.25. The predicted molar refractivity (Wildman–Crippen MR) is 105 cm³/mol. The first-order valence-electron chi connectivity index (χ1n) is 8.63. The molecule has 1 saturated heterocycles. The number of halogens is 2. The molecule has 2 aromatic heterocycles. The van der Waals surface area contributed by atoms with Gasteiger partial charge in [0, 0.05) is 36.5 Å². The van der Waals surface area contributed by atoms with E-state index in [0.29, 0.717) is 16.0 Å². The lowest BCUT2D eigenvalue weighted by Crippen LogP contribution is -2.34. The standard InChI is InChI=1S/C19H19Cl2N5/c1-12-18(24-11-23-12)13-4-6-26(7-5-13)19-15(9-22-10-25-19)14-2-3-16(20)17(21)8-14/h2-3,8-11,13H,4-7H2,1H3,(H,23,24). The first-order chi connectivity index (χ1) is 12.6. The number of nitrogens with zero attached hydrogens (tertiary/aromatic N) is 4. The van der Waals surface area contributed by atoms with Gasteiger partial charge >= 0.3 is 0 Å². The molecular weight excluding hydrogens is 369 g/mol. The van der Waals surface area contributed by atoms with Crippen molar-refractivity contribution < 1.29 is 0 Å². The predicted octanol–water partition coefficient (Wildman–Crippen LogP) is 4.87. The van der Waals surface area contributed by atoms with Crippen molar-refractivity contribution in [1.82, 2.24) is 19.9 Å². The van der Waals surface area contributed by atoms with E-state index in [1.165, 1.54) is 11.4 Å². The highest BCUT2D eigenvalue weighted by atomic mass is 35.5. The molecule has 0 spiro atoms. The molecule has 5 nitrogen and oxygen atoms in total. The molecule has 1 aliphatic rings. The van der Waals surface area contributed by atoms with Crippen molar-refractivity contribution in [2.75, 3.05) is 18.0 Å². The van der Waals surface area contributed by atoms with Crippen LogP contribution >= 0.6 is 23.2 Å². The summed E-state index contributed by atoms with van der Waals surface area (Å²) < 4.78 is 0. The Labute approximate surface area is 162 Å². The Morgan fingerprint density at radius 3 is 2.62 bits per heavy atom. The van der Waals surface area contributed by atoms with Crippen molar-refractivity contribution in [3.63, 3.8) is 0 Å². The Balaban J connectivity index is 1.58. The molecule has 0 radical (unpaired) electrons. The zero-order valence-corrected chi connectivity index (χ0v) is 15.9. The fraction of sp³-hybridized carbons (Fsp3) is 0.316.